The van der Waals surface area contributed by atoms with Crippen LogP contribution in [-0.4, -0.2) is 57.6 Å². The van der Waals surface area contributed by atoms with Crippen LogP contribution in [0.1, 0.15) is 38.5 Å². The summed E-state index contributed by atoms with van der Waals surface area (Å²) in [6, 6.07) is 5.25. The van der Waals surface area contributed by atoms with E-state index >= 15 is 0 Å². The first-order valence-corrected chi connectivity index (χ1v) is 13.9. The Labute approximate surface area is 188 Å². The van der Waals surface area contributed by atoms with Crippen LogP contribution in [0.5, 0.6) is 0 Å². The molecule has 0 radical (unpaired) electrons. The molecule has 1 amide bonds. The van der Waals surface area contributed by atoms with Gasteiger partial charge in [-0.2, -0.15) is 0 Å². The van der Waals surface area contributed by atoms with Crippen molar-refractivity contribution in [2.45, 2.75) is 43.4 Å². The fraction of sp³-hybridized carbons (Fsp3) is 0.652. The van der Waals surface area contributed by atoms with Gasteiger partial charge in [-0.05, 0) is 82.5 Å². The fourth-order valence-electron chi connectivity index (χ4n) is 6.57. The van der Waals surface area contributed by atoms with Gasteiger partial charge in [0.25, 0.3) is 0 Å². The number of fused-ring (bicyclic) bond motifs is 1. The number of hydrogen-bond donors (Lipinski definition) is 0. The van der Waals surface area contributed by atoms with Crippen molar-refractivity contribution in [3.63, 3.8) is 0 Å². The first-order valence-electron chi connectivity index (χ1n) is 11.2. The van der Waals surface area contributed by atoms with Gasteiger partial charge in [-0.1, -0.05) is 17.4 Å². The highest BCUT2D eigenvalue weighted by Crippen LogP contribution is 2.60. The number of sulfone groups is 1. The largest absolute Gasteiger partial charge is 0.308 e. The van der Waals surface area contributed by atoms with Crippen LogP contribution in [-0.2, 0) is 14.6 Å². The van der Waals surface area contributed by atoms with E-state index in [0.29, 0.717) is 34.9 Å². The summed E-state index contributed by atoms with van der Waals surface area (Å²) in [6.07, 6.45) is 8.13. The smallest absolute Gasteiger partial charge is 0.235 e. The summed E-state index contributed by atoms with van der Waals surface area (Å²) in [5.74, 6) is 2.29. The number of carbonyl (C=O) groups is 1. The number of anilines is 1. The van der Waals surface area contributed by atoms with Crippen LogP contribution >= 0.6 is 11.3 Å². The Kier molecular flexibility index (Phi) is 5.18. The minimum absolute atomic E-state index is 0.216. The Bertz CT molecular complexity index is 1090. The molecule has 4 bridgehead atoms. The summed E-state index contributed by atoms with van der Waals surface area (Å²) in [4.78, 5) is 23.1. The molecular formula is C23H31N3O3S2. The Morgan fingerprint density at radius 3 is 2.26 bits per heavy atom. The predicted molar refractivity (Wildman–Crippen MR) is 124 cm³/mol. The van der Waals surface area contributed by atoms with Gasteiger partial charge >= 0.3 is 0 Å². The number of benzene rings is 1. The summed E-state index contributed by atoms with van der Waals surface area (Å²) in [6.45, 7) is 1.31. The third kappa shape index (κ3) is 3.80. The molecule has 1 aromatic carbocycles. The van der Waals surface area contributed by atoms with Crippen molar-refractivity contribution in [1.82, 2.24) is 9.88 Å². The third-order valence-electron chi connectivity index (χ3n) is 7.51. The summed E-state index contributed by atoms with van der Waals surface area (Å²) in [5, 5.41) is 0.633. The van der Waals surface area contributed by atoms with Gasteiger partial charge in [-0.15, -0.1) is 0 Å². The fourth-order valence-corrected chi connectivity index (χ4v) is 8.48. The summed E-state index contributed by atoms with van der Waals surface area (Å²) in [7, 11) is 0.623. The van der Waals surface area contributed by atoms with E-state index in [4.69, 9.17) is 4.98 Å². The third-order valence-corrected chi connectivity index (χ3v) is 9.68. The summed E-state index contributed by atoms with van der Waals surface area (Å²) < 4.78 is 25.4. The van der Waals surface area contributed by atoms with Crippen molar-refractivity contribution < 1.29 is 13.2 Å². The maximum absolute atomic E-state index is 14.1. The highest BCUT2D eigenvalue weighted by atomic mass is 32.2. The molecule has 1 aromatic heterocycles. The van der Waals surface area contributed by atoms with Gasteiger partial charge in [-0.25, -0.2) is 13.4 Å². The van der Waals surface area contributed by atoms with Crippen LogP contribution in [0.25, 0.3) is 10.2 Å². The minimum atomic E-state index is -3.39. The monoisotopic (exact) mass is 461 g/mol. The molecule has 0 aliphatic heterocycles. The molecular weight excluding hydrogens is 430 g/mol. The molecule has 8 heteroatoms. The zero-order valence-corrected chi connectivity index (χ0v) is 20.1. The minimum Gasteiger partial charge on any atom is -0.308 e. The quantitative estimate of drug-likeness (QED) is 0.654. The highest BCUT2D eigenvalue weighted by Gasteiger charge is 2.56. The van der Waals surface area contributed by atoms with Gasteiger partial charge in [0.1, 0.15) is 5.52 Å². The van der Waals surface area contributed by atoms with Crippen molar-refractivity contribution >= 4 is 42.4 Å². The van der Waals surface area contributed by atoms with E-state index in [2.05, 4.69) is 4.90 Å². The molecule has 31 heavy (non-hydrogen) atoms. The number of para-hydroxylation sites is 1. The molecule has 0 saturated heterocycles. The van der Waals surface area contributed by atoms with E-state index in [0.717, 1.165) is 30.5 Å². The van der Waals surface area contributed by atoms with E-state index in [1.165, 1.54) is 36.9 Å². The van der Waals surface area contributed by atoms with Crippen molar-refractivity contribution in [2.24, 2.45) is 23.2 Å². The first kappa shape index (κ1) is 21.3. The van der Waals surface area contributed by atoms with E-state index in [1.807, 2.05) is 25.1 Å². The lowest BCUT2D eigenvalue weighted by Gasteiger charge is -2.56. The Balaban J connectivity index is 1.55. The molecule has 4 saturated carbocycles. The van der Waals surface area contributed by atoms with Gasteiger partial charge in [0.2, 0.25) is 5.91 Å². The Hall–Kier alpha value is -1.51. The van der Waals surface area contributed by atoms with Crippen LogP contribution in [0.3, 0.4) is 0 Å². The van der Waals surface area contributed by atoms with Gasteiger partial charge < -0.3 is 4.90 Å². The number of likely N-dealkylation sites (N-methyl/N-ethyl adjacent to an activating group) is 1. The number of thiazole rings is 1. The van der Waals surface area contributed by atoms with Crippen molar-refractivity contribution in [3.05, 3.63) is 18.2 Å². The van der Waals surface area contributed by atoms with Crippen molar-refractivity contribution in [1.29, 1.82) is 0 Å². The summed E-state index contributed by atoms with van der Waals surface area (Å²) in [5.41, 5.74) is 0.233. The van der Waals surface area contributed by atoms with E-state index in [9.17, 15) is 13.2 Å². The number of carbonyl (C=O) groups excluding carboxylic acids is 1. The second-order valence-corrected chi connectivity index (χ2v) is 13.3. The standard InChI is InChI=1S/C23H31N3O3S2/c1-25(2)7-8-26(21(27)23-12-15-9-16(13-23)11-17(10-15)14-23)22-24-20-18(30-22)5-4-6-19(20)31(3,28)29/h4-6,15-17H,7-14H2,1-3H3. The molecule has 4 fully saturated rings. The predicted octanol–water partition coefficient (Wildman–Crippen LogP) is 3.81. The molecule has 0 atom stereocenters. The average molecular weight is 462 g/mol. The molecule has 6 rings (SSSR count). The Morgan fingerprint density at radius 1 is 1.10 bits per heavy atom. The molecule has 4 aliphatic rings. The number of hydrogen-bond acceptors (Lipinski definition) is 6. The number of nitrogens with zero attached hydrogens (tertiary/aromatic N) is 3. The maximum Gasteiger partial charge on any atom is 0.235 e. The van der Waals surface area contributed by atoms with Gasteiger partial charge in [0.05, 0.1) is 15.0 Å². The number of aromatic nitrogens is 1. The SMILES string of the molecule is CN(C)CCN(C(=O)C12CC3CC(CC(C3)C1)C2)c1nc2c(S(C)(=O)=O)cccc2s1. The number of amides is 1. The van der Waals surface area contributed by atoms with Gasteiger partial charge in [-0.3, -0.25) is 9.69 Å². The number of rotatable bonds is 6. The average Bonchev–Trinajstić information content (AvgIpc) is 3.09. The normalized spacial score (nSPS) is 29.7. The van der Waals surface area contributed by atoms with Crippen LogP contribution in [0.4, 0.5) is 5.13 Å². The van der Waals surface area contributed by atoms with Gasteiger partial charge in [0, 0.05) is 19.3 Å². The molecule has 0 spiro atoms. The lowest BCUT2D eigenvalue weighted by Crippen LogP contribution is -2.55. The molecule has 1 heterocycles. The molecule has 168 valence electrons. The molecule has 2 aromatic rings. The van der Waals surface area contributed by atoms with Crippen LogP contribution < -0.4 is 4.90 Å². The second kappa shape index (κ2) is 7.52. The zero-order chi connectivity index (χ0) is 22.0. The Morgan fingerprint density at radius 2 is 1.71 bits per heavy atom. The van der Waals surface area contributed by atoms with E-state index in [-0.39, 0.29) is 16.2 Å². The van der Waals surface area contributed by atoms with Crippen LogP contribution in [0, 0.1) is 23.2 Å². The maximum atomic E-state index is 14.1. The van der Waals surface area contributed by atoms with Crippen LogP contribution in [0.2, 0.25) is 0 Å². The lowest BCUT2D eigenvalue weighted by atomic mass is 9.49. The second-order valence-electron chi connectivity index (χ2n) is 10.3. The summed E-state index contributed by atoms with van der Waals surface area (Å²) >= 11 is 1.43. The van der Waals surface area contributed by atoms with Crippen molar-refractivity contribution in [3.8, 4) is 0 Å². The zero-order valence-electron chi connectivity index (χ0n) is 18.5. The molecule has 0 unspecified atom stereocenters. The van der Waals surface area contributed by atoms with E-state index in [1.54, 1.807) is 12.1 Å². The first-order chi connectivity index (χ1) is 14.6. The topological polar surface area (TPSA) is 70.6 Å². The van der Waals surface area contributed by atoms with E-state index < -0.39 is 9.84 Å². The van der Waals surface area contributed by atoms with Gasteiger partial charge in [0.15, 0.2) is 15.0 Å². The molecule has 4 aliphatic carbocycles. The van der Waals surface area contributed by atoms with Crippen molar-refractivity contribution in [2.75, 3.05) is 38.3 Å². The molecule has 0 N–H and O–H groups in total. The highest BCUT2D eigenvalue weighted by molar-refractivity contribution is 7.91. The molecule has 6 nitrogen and oxygen atoms in total. The van der Waals surface area contributed by atoms with Crippen LogP contribution in [0.15, 0.2) is 23.1 Å². The lowest BCUT2D eigenvalue weighted by molar-refractivity contribution is -0.143.